The summed E-state index contributed by atoms with van der Waals surface area (Å²) >= 11 is 7.93. The Kier molecular flexibility index (Phi) is 7.66. The first-order valence-electron chi connectivity index (χ1n) is 8.25. The summed E-state index contributed by atoms with van der Waals surface area (Å²) in [6.45, 7) is 6.60. The van der Waals surface area contributed by atoms with Gasteiger partial charge < -0.3 is 10.1 Å². The van der Waals surface area contributed by atoms with Crippen molar-refractivity contribution >= 4 is 29.3 Å². The first kappa shape index (κ1) is 19.7. The van der Waals surface area contributed by atoms with Crippen LogP contribution >= 0.6 is 23.4 Å². The average molecular weight is 378 g/mol. The number of hydrogen-bond donors (Lipinski definition) is 1. The number of hydrogen-bond acceptors (Lipinski definition) is 3. The van der Waals surface area contributed by atoms with Gasteiger partial charge in [0.1, 0.15) is 5.75 Å². The molecule has 0 spiro atoms. The minimum absolute atomic E-state index is 0.0169. The number of amides is 1. The molecule has 0 bridgehead atoms. The van der Waals surface area contributed by atoms with Crippen LogP contribution in [0.5, 0.6) is 5.75 Å². The molecule has 2 rings (SSSR count). The Morgan fingerprint density at radius 3 is 2.56 bits per heavy atom. The molecule has 0 radical (unpaired) electrons. The maximum absolute atomic E-state index is 11.9. The Balaban J connectivity index is 1.64. The Morgan fingerprint density at radius 1 is 1.16 bits per heavy atom. The fourth-order valence-corrected chi connectivity index (χ4v) is 3.36. The van der Waals surface area contributed by atoms with Gasteiger partial charge in [-0.1, -0.05) is 41.4 Å². The van der Waals surface area contributed by atoms with Gasteiger partial charge in [-0.15, -0.1) is 0 Å². The third kappa shape index (κ3) is 6.63. The molecule has 5 heteroatoms. The number of ether oxygens (including phenoxy) is 1. The minimum Gasteiger partial charge on any atom is -0.484 e. The van der Waals surface area contributed by atoms with Crippen LogP contribution in [0.15, 0.2) is 36.4 Å². The normalized spacial score (nSPS) is 10.6. The van der Waals surface area contributed by atoms with Crippen molar-refractivity contribution in [1.82, 2.24) is 5.32 Å². The lowest BCUT2D eigenvalue weighted by molar-refractivity contribution is -0.122. The highest BCUT2D eigenvalue weighted by Gasteiger charge is 2.06. The topological polar surface area (TPSA) is 38.3 Å². The molecular weight excluding hydrogens is 354 g/mol. The number of carbonyl (C=O) groups is 1. The van der Waals surface area contributed by atoms with E-state index in [-0.39, 0.29) is 12.5 Å². The van der Waals surface area contributed by atoms with E-state index in [1.807, 2.05) is 26.0 Å². The van der Waals surface area contributed by atoms with E-state index >= 15 is 0 Å². The molecule has 0 atom stereocenters. The monoisotopic (exact) mass is 377 g/mol. The van der Waals surface area contributed by atoms with E-state index < -0.39 is 0 Å². The lowest BCUT2D eigenvalue weighted by Crippen LogP contribution is -2.30. The maximum atomic E-state index is 11.9. The molecule has 0 aliphatic heterocycles. The standard InChI is InChI=1S/C20H24ClNO2S/c1-14-5-4-6-17(9-14)13-25-8-7-22-19(23)12-24-18-10-15(2)20(21)16(3)11-18/h4-6,9-11H,7-8,12-13H2,1-3H3,(H,22,23). The van der Waals surface area contributed by atoms with Crippen molar-refractivity contribution in [2.24, 2.45) is 0 Å². The summed E-state index contributed by atoms with van der Waals surface area (Å²) in [6, 6.07) is 12.2. The van der Waals surface area contributed by atoms with Gasteiger partial charge in [-0.05, 0) is 49.6 Å². The summed E-state index contributed by atoms with van der Waals surface area (Å²) in [4.78, 5) is 11.9. The molecule has 0 saturated carbocycles. The number of thioether (sulfide) groups is 1. The fourth-order valence-electron chi connectivity index (χ4n) is 2.44. The highest BCUT2D eigenvalue weighted by molar-refractivity contribution is 7.98. The first-order valence-corrected chi connectivity index (χ1v) is 9.78. The van der Waals surface area contributed by atoms with Crippen LogP contribution in [0, 0.1) is 20.8 Å². The molecule has 1 amide bonds. The Bertz CT molecular complexity index is 710. The molecule has 0 aromatic heterocycles. The zero-order valence-electron chi connectivity index (χ0n) is 14.9. The number of nitrogens with one attached hydrogen (secondary N) is 1. The molecule has 25 heavy (non-hydrogen) atoms. The summed E-state index contributed by atoms with van der Waals surface area (Å²) in [5.74, 6) is 2.39. The van der Waals surface area contributed by atoms with Gasteiger partial charge in [0.25, 0.3) is 5.91 Å². The average Bonchev–Trinajstić information content (AvgIpc) is 2.57. The van der Waals surface area contributed by atoms with Gasteiger partial charge in [0.2, 0.25) is 0 Å². The summed E-state index contributed by atoms with van der Waals surface area (Å²) in [7, 11) is 0. The largest absolute Gasteiger partial charge is 0.484 e. The number of carbonyl (C=O) groups excluding carboxylic acids is 1. The van der Waals surface area contributed by atoms with E-state index in [1.54, 1.807) is 11.8 Å². The van der Waals surface area contributed by atoms with Crippen molar-refractivity contribution in [1.29, 1.82) is 0 Å². The molecule has 0 fully saturated rings. The van der Waals surface area contributed by atoms with E-state index in [1.165, 1.54) is 11.1 Å². The quantitative estimate of drug-likeness (QED) is 0.678. The van der Waals surface area contributed by atoms with Crippen LogP contribution in [0.1, 0.15) is 22.3 Å². The van der Waals surface area contributed by atoms with E-state index in [9.17, 15) is 4.79 Å². The smallest absolute Gasteiger partial charge is 0.257 e. The second-order valence-corrected chi connectivity index (χ2v) is 7.53. The van der Waals surface area contributed by atoms with Crippen molar-refractivity contribution in [3.05, 3.63) is 63.7 Å². The Labute approximate surface area is 159 Å². The van der Waals surface area contributed by atoms with Crippen LogP contribution in [0.2, 0.25) is 5.02 Å². The van der Waals surface area contributed by atoms with Crippen LogP contribution in [-0.4, -0.2) is 24.8 Å². The van der Waals surface area contributed by atoms with Crippen molar-refractivity contribution in [3.8, 4) is 5.75 Å². The molecule has 0 aliphatic rings. The predicted octanol–water partition coefficient (Wildman–Crippen LogP) is 4.69. The van der Waals surface area contributed by atoms with Crippen LogP contribution in [0.3, 0.4) is 0 Å². The van der Waals surface area contributed by atoms with Gasteiger partial charge in [-0.25, -0.2) is 0 Å². The van der Waals surface area contributed by atoms with Crippen molar-refractivity contribution in [2.75, 3.05) is 18.9 Å². The molecule has 0 unspecified atom stereocenters. The van der Waals surface area contributed by atoms with E-state index in [0.717, 1.165) is 27.7 Å². The molecule has 2 aromatic carbocycles. The lowest BCUT2D eigenvalue weighted by Gasteiger charge is -2.10. The number of rotatable bonds is 8. The molecule has 0 aliphatic carbocycles. The molecule has 134 valence electrons. The maximum Gasteiger partial charge on any atom is 0.257 e. The van der Waals surface area contributed by atoms with Gasteiger partial charge in [0, 0.05) is 23.1 Å². The summed E-state index contributed by atoms with van der Waals surface area (Å²) in [5, 5.41) is 3.62. The molecule has 3 nitrogen and oxygen atoms in total. The van der Waals surface area contributed by atoms with Crippen LogP contribution in [-0.2, 0) is 10.5 Å². The lowest BCUT2D eigenvalue weighted by atomic mass is 10.1. The zero-order valence-corrected chi connectivity index (χ0v) is 16.5. The Morgan fingerprint density at radius 2 is 1.88 bits per heavy atom. The Hall–Kier alpha value is -1.65. The van der Waals surface area contributed by atoms with Gasteiger partial charge in [0.15, 0.2) is 6.61 Å². The van der Waals surface area contributed by atoms with Crippen molar-refractivity contribution in [2.45, 2.75) is 26.5 Å². The van der Waals surface area contributed by atoms with Crippen LogP contribution in [0.25, 0.3) is 0 Å². The van der Waals surface area contributed by atoms with Crippen LogP contribution < -0.4 is 10.1 Å². The molecule has 0 heterocycles. The molecule has 0 saturated heterocycles. The van der Waals surface area contributed by atoms with Crippen LogP contribution in [0.4, 0.5) is 0 Å². The third-order valence-electron chi connectivity index (χ3n) is 3.70. The third-order valence-corrected chi connectivity index (χ3v) is 5.33. The van der Waals surface area contributed by atoms with Crippen molar-refractivity contribution < 1.29 is 9.53 Å². The van der Waals surface area contributed by atoms with Crippen molar-refractivity contribution in [3.63, 3.8) is 0 Å². The van der Waals surface area contributed by atoms with Gasteiger partial charge >= 0.3 is 0 Å². The molecule has 1 N–H and O–H groups in total. The summed E-state index contributed by atoms with van der Waals surface area (Å²) < 4.78 is 5.55. The summed E-state index contributed by atoms with van der Waals surface area (Å²) in [5.41, 5.74) is 4.48. The highest BCUT2D eigenvalue weighted by atomic mass is 35.5. The fraction of sp³-hybridized carbons (Fsp3) is 0.350. The number of benzene rings is 2. The van der Waals surface area contributed by atoms with E-state index in [4.69, 9.17) is 16.3 Å². The number of aryl methyl sites for hydroxylation is 3. The molecule has 2 aromatic rings. The zero-order chi connectivity index (χ0) is 18.2. The minimum atomic E-state index is -0.110. The second-order valence-electron chi connectivity index (χ2n) is 6.05. The summed E-state index contributed by atoms with van der Waals surface area (Å²) in [6.07, 6.45) is 0. The van der Waals surface area contributed by atoms with Gasteiger partial charge in [0.05, 0.1) is 0 Å². The van der Waals surface area contributed by atoms with E-state index in [0.29, 0.717) is 12.3 Å². The first-order chi connectivity index (χ1) is 12.0. The van der Waals surface area contributed by atoms with E-state index in [2.05, 4.69) is 36.5 Å². The van der Waals surface area contributed by atoms with Gasteiger partial charge in [-0.3, -0.25) is 4.79 Å². The second kappa shape index (κ2) is 9.73. The SMILES string of the molecule is Cc1cccc(CSCCNC(=O)COc2cc(C)c(Cl)c(C)c2)c1. The highest BCUT2D eigenvalue weighted by Crippen LogP contribution is 2.25. The molecular formula is C20H24ClNO2S. The van der Waals surface area contributed by atoms with Gasteiger partial charge in [-0.2, -0.15) is 11.8 Å². The number of halogens is 1. The predicted molar refractivity (Wildman–Crippen MR) is 107 cm³/mol.